The molecule has 94 valence electrons. The molecule has 0 bridgehead atoms. The summed E-state index contributed by atoms with van der Waals surface area (Å²) in [5, 5.41) is 8.60. The lowest BCUT2D eigenvalue weighted by Crippen LogP contribution is -1.85. The van der Waals surface area contributed by atoms with Crippen LogP contribution >= 0.6 is 0 Å². The first-order valence-electron chi connectivity index (χ1n) is 5.98. The van der Waals surface area contributed by atoms with E-state index in [0.29, 0.717) is 0 Å². The molecule has 0 aliphatic carbocycles. The summed E-state index contributed by atoms with van der Waals surface area (Å²) in [6, 6.07) is 17.7. The third kappa shape index (κ3) is 4.28. The van der Waals surface area contributed by atoms with E-state index in [4.69, 9.17) is 5.11 Å². The van der Waals surface area contributed by atoms with E-state index < -0.39 is 5.97 Å². The normalized spacial score (nSPS) is 11.2. The number of rotatable bonds is 4. The molecule has 0 saturated carbocycles. The van der Waals surface area contributed by atoms with Gasteiger partial charge in [-0.05, 0) is 28.8 Å². The molecule has 2 aromatic rings. The standard InChI is InChI=1S/C17H14O2/c18-17(19)12-11-16-8-4-7-15(13-16)10-9-14-5-2-1-3-6-14/h1-13H,(H,18,19)/b10-9+,12-11+. The SMILES string of the molecule is O=C(O)/C=C/c1cccc(/C=C/c2ccccc2)c1. The van der Waals surface area contributed by atoms with E-state index in [1.165, 1.54) is 0 Å². The lowest BCUT2D eigenvalue weighted by Gasteiger charge is -1.97. The molecule has 0 fully saturated rings. The summed E-state index contributed by atoms with van der Waals surface area (Å²) >= 11 is 0. The Morgan fingerprint density at radius 3 is 2.05 bits per heavy atom. The average Bonchev–Trinajstić information content (AvgIpc) is 2.44. The van der Waals surface area contributed by atoms with Gasteiger partial charge in [-0.15, -0.1) is 0 Å². The topological polar surface area (TPSA) is 37.3 Å². The van der Waals surface area contributed by atoms with Gasteiger partial charge in [-0.25, -0.2) is 4.79 Å². The van der Waals surface area contributed by atoms with E-state index in [0.717, 1.165) is 22.8 Å². The van der Waals surface area contributed by atoms with Crippen LogP contribution in [-0.2, 0) is 4.79 Å². The molecule has 19 heavy (non-hydrogen) atoms. The van der Waals surface area contributed by atoms with Crippen LogP contribution in [0.5, 0.6) is 0 Å². The summed E-state index contributed by atoms with van der Waals surface area (Å²) in [5.41, 5.74) is 3.04. The smallest absolute Gasteiger partial charge is 0.328 e. The van der Waals surface area contributed by atoms with Crippen molar-refractivity contribution in [3.05, 3.63) is 77.4 Å². The van der Waals surface area contributed by atoms with Crippen molar-refractivity contribution in [3.63, 3.8) is 0 Å². The predicted octanol–water partition coefficient (Wildman–Crippen LogP) is 3.95. The first-order chi connectivity index (χ1) is 9.24. The second-order valence-electron chi connectivity index (χ2n) is 4.09. The van der Waals surface area contributed by atoms with Gasteiger partial charge in [0.2, 0.25) is 0 Å². The van der Waals surface area contributed by atoms with Gasteiger partial charge in [-0.1, -0.05) is 60.7 Å². The highest BCUT2D eigenvalue weighted by molar-refractivity contribution is 5.85. The Morgan fingerprint density at radius 2 is 1.37 bits per heavy atom. The number of carbonyl (C=O) groups is 1. The summed E-state index contributed by atoms with van der Waals surface area (Å²) in [4.78, 5) is 10.5. The lowest BCUT2D eigenvalue weighted by atomic mass is 10.1. The van der Waals surface area contributed by atoms with E-state index in [1.54, 1.807) is 6.08 Å². The number of aliphatic carboxylic acids is 1. The Bertz CT molecular complexity index is 610. The van der Waals surface area contributed by atoms with Crippen molar-refractivity contribution in [2.75, 3.05) is 0 Å². The maximum atomic E-state index is 10.5. The highest BCUT2D eigenvalue weighted by atomic mass is 16.4. The Kier molecular flexibility index (Phi) is 4.29. The van der Waals surface area contributed by atoms with Crippen LogP contribution in [0.1, 0.15) is 16.7 Å². The fraction of sp³-hybridized carbons (Fsp3) is 0. The third-order valence-corrected chi connectivity index (χ3v) is 2.60. The summed E-state index contributed by atoms with van der Waals surface area (Å²) in [5.74, 6) is -0.940. The van der Waals surface area contributed by atoms with Crippen LogP contribution in [0.4, 0.5) is 0 Å². The van der Waals surface area contributed by atoms with Crippen LogP contribution in [0.3, 0.4) is 0 Å². The van der Waals surface area contributed by atoms with Crippen molar-refractivity contribution in [1.29, 1.82) is 0 Å². The van der Waals surface area contributed by atoms with Crippen molar-refractivity contribution in [2.45, 2.75) is 0 Å². The Balaban J connectivity index is 2.15. The molecule has 0 aliphatic heterocycles. The van der Waals surface area contributed by atoms with Crippen LogP contribution in [-0.4, -0.2) is 11.1 Å². The summed E-state index contributed by atoms with van der Waals surface area (Å²) in [6.45, 7) is 0. The average molecular weight is 250 g/mol. The van der Waals surface area contributed by atoms with Crippen LogP contribution < -0.4 is 0 Å². The van der Waals surface area contributed by atoms with Crippen molar-refractivity contribution < 1.29 is 9.90 Å². The highest BCUT2D eigenvalue weighted by Gasteiger charge is 1.92. The molecule has 0 spiro atoms. The molecule has 0 radical (unpaired) electrons. The summed E-state index contributed by atoms with van der Waals surface area (Å²) in [6.07, 6.45) is 6.76. The van der Waals surface area contributed by atoms with Gasteiger partial charge in [0.1, 0.15) is 0 Å². The zero-order valence-corrected chi connectivity index (χ0v) is 10.4. The predicted molar refractivity (Wildman–Crippen MR) is 78.5 cm³/mol. The summed E-state index contributed by atoms with van der Waals surface area (Å²) < 4.78 is 0. The first-order valence-corrected chi connectivity index (χ1v) is 5.98. The molecule has 0 saturated heterocycles. The monoisotopic (exact) mass is 250 g/mol. The fourth-order valence-corrected chi connectivity index (χ4v) is 1.69. The first kappa shape index (κ1) is 12.8. The van der Waals surface area contributed by atoms with E-state index in [9.17, 15) is 4.79 Å². The number of hydrogen-bond donors (Lipinski definition) is 1. The molecule has 2 heteroatoms. The van der Waals surface area contributed by atoms with E-state index in [-0.39, 0.29) is 0 Å². The molecule has 2 aromatic carbocycles. The second-order valence-corrected chi connectivity index (χ2v) is 4.09. The summed E-state index contributed by atoms with van der Waals surface area (Å²) in [7, 11) is 0. The van der Waals surface area contributed by atoms with E-state index in [2.05, 4.69) is 0 Å². The largest absolute Gasteiger partial charge is 0.478 e. The van der Waals surface area contributed by atoms with Crippen LogP contribution in [0.2, 0.25) is 0 Å². The Hall–Kier alpha value is -2.61. The van der Waals surface area contributed by atoms with Crippen molar-refractivity contribution in [3.8, 4) is 0 Å². The van der Waals surface area contributed by atoms with Crippen LogP contribution in [0.15, 0.2) is 60.7 Å². The van der Waals surface area contributed by atoms with Crippen LogP contribution in [0, 0.1) is 0 Å². The minimum absolute atomic E-state index is 0.873. The molecule has 0 amide bonds. The number of carboxylic acids is 1. The molecule has 1 N–H and O–H groups in total. The maximum Gasteiger partial charge on any atom is 0.328 e. The number of hydrogen-bond acceptors (Lipinski definition) is 1. The zero-order valence-electron chi connectivity index (χ0n) is 10.4. The van der Waals surface area contributed by atoms with E-state index in [1.807, 2.05) is 66.7 Å². The minimum atomic E-state index is -0.940. The van der Waals surface area contributed by atoms with Crippen molar-refractivity contribution in [2.24, 2.45) is 0 Å². The highest BCUT2D eigenvalue weighted by Crippen LogP contribution is 2.11. The van der Waals surface area contributed by atoms with Gasteiger partial charge in [0.25, 0.3) is 0 Å². The Morgan fingerprint density at radius 1 is 0.789 bits per heavy atom. The van der Waals surface area contributed by atoms with E-state index >= 15 is 0 Å². The molecule has 0 aliphatic rings. The van der Waals surface area contributed by atoms with Crippen LogP contribution in [0.25, 0.3) is 18.2 Å². The van der Waals surface area contributed by atoms with Crippen molar-refractivity contribution >= 4 is 24.2 Å². The quantitative estimate of drug-likeness (QED) is 0.659. The number of carboxylic acid groups (broad SMARTS) is 1. The van der Waals surface area contributed by atoms with Gasteiger partial charge in [0.15, 0.2) is 0 Å². The molecule has 0 unspecified atom stereocenters. The third-order valence-electron chi connectivity index (χ3n) is 2.60. The molecular weight excluding hydrogens is 236 g/mol. The van der Waals surface area contributed by atoms with Gasteiger partial charge >= 0.3 is 5.97 Å². The zero-order chi connectivity index (χ0) is 13.5. The molecule has 2 rings (SSSR count). The second kappa shape index (κ2) is 6.36. The van der Waals surface area contributed by atoms with Gasteiger partial charge < -0.3 is 5.11 Å². The molecule has 0 atom stereocenters. The molecule has 0 aromatic heterocycles. The molecular formula is C17H14O2. The van der Waals surface area contributed by atoms with Crippen molar-refractivity contribution in [1.82, 2.24) is 0 Å². The fourth-order valence-electron chi connectivity index (χ4n) is 1.69. The van der Waals surface area contributed by atoms with Gasteiger partial charge in [0, 0.05) is 6.08 Å². The number of benzene rings is 2. The maximum absolute atomic E-state index is 10.5. The minimum Gasteiger partial charge on any atom is -0.478 e. The molecule has 2 nitrogen and oxygen atoms in total. The van der Waals surface area contributed by atoms with Gasteiger partial charge in [-0.3, -0.25) is 0 Å². The Labute approximate surface area is 112 Å². The van der Waals surface area contributed by atoms with Gasteiger partial charge in [-0.2, -0.15) is 0 Å². The lowest BCUT2D eigenvalue weighted by molar-refractivity contribution is -0.131. The van der Waals surface area contributed by atoms with Gasteiger partial charge in [0.05, 0.1) is 0 Å². The molecule has 0 heterocycles.